The largest absolute Gasteiger partial charge is 0.493 e. The fourth-order valence-electron chi connectivity index (χ4n) is 2.42. The molecule has 136 valence electrons. The van der Waals surface area contributed by atoms with E-state index in [9.17, 15) is 0 Å². The van der Waals surface area contributed by atoms with Crippen LogP contribution in [-0.4, -0.2) is 34.0 Å². The van der Waals surface area contributed by atoms with Crippen LogP contribution in [0.2, 0.25) is 5.02 Å². The first-order valence-electron chi connectivity index (χ1n) is 7.99. The normalized spacial score (nSPS) is 11.7. The molecule has 0 saturated heterocycles. The molecule has 0 spiro atoms. The number of rotatable bonds is 9. The SMILES string of the molecule is COc1cc(Cl)c(CNCC(C)Oc2ccccc2OC)cc1OC. The van der Waals surface area contributed by atoms with Gasteiger partial charge < -0.3 is 24.3 Å². The molecule has 2 rings (SSSR count). The quantitative estimate of drug-likeness (QED) is 0.729. The van der Waals surface area contributed by atoms with Crippen molar-refractivity contribution < 1.29 is 18.9 Å². The highest BCUT2D eigenvalue weighted by Crippen LogP contribution is 2.33. The molecule has 5 nitrogen and oxygen atoms in total. The molecule has 0 aliphatic carbocycles. The van der Waals surface area contributed by atoms with E-state index in [0.717, 1.165) is 17.1 Å². The van der Waals surface area contributed by atoms with Crippen molar-refractivity contribution in [2.75, 3.05) is 27.9 Å². The lowest BCUT2D eigenvalue weighted by Crippen LogP contribution is -2.28. The summed E-state index contributed by atoms with van der Waals surface area (Å²) < 4.78 is 21.8. The van der Waals surface area contributed by atoms with Gasteiger partial charge in [-0.2, -0.15) is 0 Å². The molecule has 1 N–H and O–H groups in total. The van der Waals surface area contributed by atoms with Crippen LogP contribution in [0.4, 0.5) is 0 Å². The van der Waals surface area contributed by atoms with Crippen molar-refractivity contribution in [3.05, 3.63) is 47.0 Å². The van der Waals surface area contributed by atoms with Crippen LogP contribution in [0.1, 0.15) is 12.5 Å². The topological polar surface area (TPSA) is 49.0 Å². The Morgan fingerprint density at radius 2 is 1.52 bits per heavy atom. The van der Waals surface area contributed by atoms with Crippen molar-refractivity contribution in [3.63, 3.8) is 0 Å². The van der Waals surface area contributed by atoms with Crippen molar-refractivity contribution in [2.24, 2.45) is 0 Å². The Bertz CT molecular complexity index is 693. The Morgan fingerprint density at radius 1 is 0.920 bits per heavy atom. The summed E-state index contributed by atoms with van der Waals surface area (Å²) in [5.74, 6) is 2.71. The number of para-hydroxylation sites is 2. The van der Waals surface area contributed by atoms with Gasteiger partial charge in [-0.25, -0.2) is 0 Å². The minimum absolute atomic E-state index is 0.0322. The van der Waals surface area contributed by atoms with Gasteiger partial charge in [-0.1, -0.05) is 23.7 Å². The number of methoxy groups -OCH3 is 3. The van der Waals surface area contributed by atoms with Gasteiger partial charge in [0.05, 0.1) is 21.3 Å². The maximum absolute atomic E-state index is 6.30. The van der Waals surface area contributed by atoms with Gasteiger partial charge in [0, 0.05) is 24.2 Å². The summed E-state index contributed by atoms with van der Waals surface area (Å²) in [4.78, 5) is 0. The molecule has 2 aromatic rings. The van der Waals surface area contributed by atoms with Crippen LogP contribution in [0, 0.1) is 0 Å². The van der Waals surface area contributed by atoms with Crippen LogP contribution < -0.4 is 24.3 Å². The Labute approximate surface area is 153 Å². The summed E-state index contributed by atoms with van der Waals surface area (Å²) in [7, 11) is 4.82. The van der Waals surface area contributed by atoms with Crippen LogP contribution in [0.3, 0.4) is 0 Å². The van der Waals surface area contributed by atoms with E-state index in [0.29, 0.717) is 29.6 Å². The summed E-state index contributed by atoms with van der Waals surface area (Å²) in [5, 5.41) is 3.97. The van der Waals surface area contributed by atoms with E-state index < -0.39 is 0 Å². The number of halogens is 1. The molecule has 0 bridgehead atoms. The second-order valence-corrected chi connectivity index (χ2v) is 5.92. The van der Waals surface area contributed by atoms with Crippen LogP contribution in [-0.2, 0) is 6.54 Å². The Morgan fingerprint density at radius 3 is 2.16 bits per heavy atom. The van der Waals surface area contributed by atoms with Crippen molar-refractivity contribution in [2.45, 2.75) is 19.6 Å². The zero-order chi connectivity index (χ0) is 18.2. The fourth-order valence-corrected chi connectivity index (χ4v) is 2.64. The predicted octanol–water partition coefficient (Wildman–Crippen LogP) is 3.92. The highest BCUT2D eigenvalue weighted by Gasteiger charge is 2.11. The summed E-state index contributed by atoms with van der Waals surface area (Å²) in [6, 6.07) is 11.2. The van der Waals surface area contributed by atoms with Crippen LogP contribution in [0.15, 0.2) is 36.4 Å². The Kier molecular flexibility index (Phi) is 7.22. The third-order valence-corrected chi connectivity index (χ3v) is 4.05. The molecular weight excluding hydrogens is 342 g/mol. The second-order valence-electron chi connectivity index (χ2n) is 5.51. The van der Waals surface area contributed by atoms with Gasteiger partial charge in [-0.3, -0.25) is 0 Å². The van der Waals surface area contributed by atoms with E-state index in [4.69, 9.17) is 30.5 Å². The molecule has 6 heteroatoms. The van der Waals surface area contributed by atoms with E-state index >= 15 is 0 Å². The lowest BCUT2D eigenvalue weighted by atomic mass is 10.2. The highest BCUT2D eigenvalue weighted by atomic mass is 35.5. The molecule has 0 fully saturated rings. The molecule has 0 aliphatic rings. The van der Waals surface area contributed by atoms with Crippen molar-refractivity contribution in [1.29, 1.82) is 0 Å². The smallest absolute Gasteiger partial charge is 0.162 e. The zero-order valence-corrected chi connectivity index (χ0v) is 15.7. The van der Waals surface area contributed by atoms with Crippen molar-refractivity contribution in [1.82, 2.24) is 5.32 Å². The van der Waals surface area contributed by atoms with Crippen LogP contribution in [0.5, 0.6) is 23.0 Å². The highest BCUT2D eigenvalue weighted by molar-refractivity contribution is 6.31. The molecule has 0 heterocycles. The van der Waals surface area contributed by atoms with Crippen molar-refractivity contribution >= 4 is 11.6 Å². The Hall–Kier alpha value is -2.11. The summed E-state index contributed by atoms with van der Waals surface area (Å²) in [6.07, 6.45) is -0.0322. The molecule has 25 heavy (non-hydrogen) atoms. The van der Waals surface area contributed by atoms with E-state index in [1.165, 1.54) is 0 Å². The number of hydrogen-bond acceptors (Lipinski definition) is 5. The average Bonchev–Trinajstić information content (AvgIpc) is 2.63. The summed E-state index contributed by atoms with van der Waals surface area (Å²) in [6.45, 7) is 3.25. The number of nitrogens with one attached hydrogen (secondary N) is 1. The van der Waals surface area contributed by atoms with Gasteiger partial charge in [0.2, 0.25) is 0 Å². The first-order valence-corrected chi connectivity index (χ1v) is 8.37. The molecular formula is C19H24ClNO4. The standard InChI is InChI=1S/C19H24ClNO4/c1-13(25-17-8-6-5-7-16(17)22-2)11-21-12-14-9-18(23-3)19(24-4)10-15(14)20/h5-10,13,21H,11-12H2,1-4H3. The Balaban J connectivity index is 1.92. The molecule has 0 aliphatic heterocycles. The third-order valence-electron chi connectivity index (χ3n) is 3.70. The van der Waals surface area contributed by atoms with Gasteiger partial charge in [-0.05, 0) is 30.7 Å². The molecule has 0 radical (unpaired) electrons. The van der Waals surface area contributed by atoms with Crippen LogP contribution in [0.25, 0.3) is 0 Å². The van der Waals surface area contributed by atoms with Crippen molar-refractivity contribution in [3.8, 4) is 23.0 Å². The second kappa shape index (κ2) is 9.39. The number of benzene rings is 2. The first kappa shape index (κ1) is 19.2. The van der Waals surface area contributed by atoms with Crippen LogP contribution >= 0.6 is 11.6 Å². The molecule has 1 unspecified atom stereocenters. The first-order chi connectivity index (χ1) is 12.1. The minimum Gasteiger partial charge on any atom is -0.493 e. The minimum atomic E-state index is -0.0322. The average molecular weight is 366 g/mol. The molecule has 0 aromatic heterocycles. The summed E-state index contributed by atoms with van der Waals surface area (Å²) >= 11 is 6.30. The van der Waals surface area contributed by atoms with Gasteiger partial charge in [0.1, 0.15) is 6.10 Å². The molecule has 1 atom stereocenters. The molecule has 2 aromatic carbocycles. The maximum Gasteiger partial charge on any atom is 0.162 e. The van der Waals surface area contributed by atoms with E-state index in [1.54, 1.807) is 27.4 Å². The van der Waals surface area contributed by atoms with E-state index in [2.05, 4.69) is 5.32 Å². The van der Waals surface area contributed by atoms with Gasteiger partial charge in [0.25, 0.3) is 0 Å². The summed E-state index contributed by atoms with van der Waals surface area (Å²) in [5.41, 5.74) is 0.934. The van der Waals surface area contributed by atoms with Gasteiger partial charge >= 0.3 is 0 Å². The molecule has 0 saturated carbocycles. The lowest BCUT2D eigenvalue weighted by Gasteiger charge is -2.18. The third kappa shape index (κ3) is 5.18. The number of hydrogen-bond donors (Lipinski definition) is 1. The molecule has 0 amide bonds. The number of ether oxygens (including phenoxy) is 4. The van der Waals surface area contributed by atoms with Gasteiger partial charge in [0.15, 0.2) is 23.0 Å². The monoisotopic (exact) mass is 365 g/mol. The fraction of sp³-hybridized carbons (Fsp3) is 0.368. The van der Waals surface area contributed by atoms with E-state index in [1.807, 2.05) is 37.3 Å². The van der Waals surface area contributed by atoms with E-state index in [-0.39, 0.29) is 6.10 Å². The van der Waals surface area contributed by atoms with Gasteiger partial charge in [-0.15, -0.1) is 0 Å². The predicted molar refractivity (Wildman–Crippen MR) is 99.3 cm³/mol. The maximum atomic E-state index is 6.30. The lowest BCUT2D eigenvalue weighted by molar-refractivity contribution is 0.207. The zero-order valence-electron chi connectivity index (χ0n) is 15.0.